The molecule has 1 aromatic heterocycles. The van der Waals surface area contributed by atoms with Crippen molar-refractivity contribution >= 4 is 17.8 Å². The molecule has 150 valence electrons. The molecule has 0 aliphatic rings. The number of aromatic nitrogens is 3. The van der Waals surface area contributed by atoms with Gasteiger partial charge in [-0.1, -0.05) is 66.7 Å². The normalized spacial score (nSPS) is 10.6. The molecule has 0 aliphatic heterocycles. The van der Waals surface area contributed by atoms with Crippen LogP contribution in [0.2, 0.25) is 0 Å². The highest BCUT2D eigenvalue weighted by atomic mass is 16.1. The van der Waals surface area contributed by atoms with Crippen LogP contribution in [0.25, 0.3) is 5.69 Å². The average molecular weight is 397 g/mol. The SMILES string of the molecule is Cc1ccccc1C(=O)Nc1nc(NCCc2ccccc2)n(-c2ccccc2)n1. The number of anilines is 2. The molecule has 1 amide bonds. The van der Waals surface area contributed by atoms with E-state index in [2.05, 4.69) is 32.8 Å². The first kappa shape index (κ1) is 19.4. The molecule has 3 aromatic carbocycles. The molecular formula is C24H23N5O. The summed E-state index contributed by atoms with van der Waals surface area (Å²) in [6.07, 6.45) is 0.855. The van der Waals surface area contributed by atoms with Crippen molar-refractivity contribution in [1.82, 2.24) is 14.8 Å². The predicted molar refractivity (Wildman–Crippen MR) is 119 cm³/mol. The number of hydrogen-bond acceptors (Lipinski definition) is 4. The predicted octanol–water partition coefficient (Wildman–Crippen LogP) is 4.48. The Morgan fingerprint density at radius 3 is 2.30 bits per heavy atom. The number of rotatable bonds is 7. The van der Waals surface area contributed by atoms with Crippen molar-refractivity contribution in [3.05, 3.63) is 102 Å². The van der Waals surface area contributed by atoms with Crippen molar-refractivity contribution in [3.63, 3.8) is 0 Å². The number of para-hydroxylation sites is 1. The molecule has 0 saturated heterocycles. The van der Waals surface area contributed by atoms with Crippen LogP contribution in [0.5, 0.6) is 0 Å². The summed E-state index contributed by atoms with van der Waals surface area (Å²) in [5, 5.41) is 10.7. The van der Waals surface area contributed by atoms with Crippen LogP contribution in [0.4, 0.5) is 11.9 Å². The lowest BCUT2D eigenvalue weighted by Crippen LogP contribution is -2.14. The van der Waals surface area contributed by atoms with Gasteiger partial charge in [0.2, 0.25) is 5.95 Å². The van der Waals surface area contributed by atoms with Gasteiger partial charge in [0.15, 0.2) is 0 Å². The molecule has 0 saturated carbocycles. The molecule has 4 aromatic rings. The van der Waals surface area contributed by atoms with Crippen molar-refractivity contribution in [2.75, 3.05) is 17.2 Å². The van der Waals surface area contributed by atoms with Crippen LogP contribution >= 0.6 is 0 Å². The molecule has 6 heteroatoms. The van der Waals surface area contributed by atoms with E-state index in [0.717, 1.165) is 17.7 Å². The number of carbonyl (C=O) groups excluding carboxylic acids is 1. The van der Waals surface area contributed by atoms with Gasteiger partial charge in [0.1, 0.15) is 0 Å². The van der Waals surface area contributed by atoms with E-state index in [1.807, 2.05) is 73.7 Å². The highest BCUT2D eigenvalue weighted by molar-refractivity contribution is 6.04. The topological polar surface area (TPSA) is 71.8 Å². The fraction of sp³-hybridized carbons (Fsp3) is 0.125. The van der Waals surface area contributed by atoms with Gasteiger partial charge < -0.3 is 5.32 Å². The van der Waals surface area contributed by atoms with Crippen LogP contribution in [-0.4, -0.2) is 27.2 Å². The van der Waals surface area contributed by atoms with Crippen LogP contribution < -0.4 is 10.6 Å². The summed E-state index contributed by atoms with van der Waals surface area (Å²) >= 11 is 0. The number of nitrogens with zero attached hydrogens (tertiary/aromatic N) is 3. The summed E-state index contributed by atoms with van der Waals surface area (Å²) < 4.78 is 1.71. The van der Waals surface area contributed by atoms with Gasteiger partial charge in [-0.25, -0.2) is 0 Å². The van der Waals surface area contributed by atoms with E-state index in [-0.39, 0.29) is 11.9 Å². The number of carbonyl (C=O) groups is 1. The second kappa shape index (κ2) is 9.05. The third-order valence-corrected chi connectivity index (χ3v) is 4.76. The zero-order valence-corrected chi connectivity index (χ0v) is 16.7. The monoisotopic (exact) mass is 397 g/mol. The van der Waals surface area contributed by atoms with E-state index >= 15 is 0 Å². The van der Waals surface area contributed by atoms with Crippen LogP contribution in [0.15, 0.2) is 84.9 Å². The molecule has 0 aliphatic carbocycles. The van der Waals surface area contributed by atoms with Gasteiger partial charge in [-0.3, -0.25) is 10.1 Å². The molecule has 6 nitrogen and oxygen atoms in total. The molecule has 0 fully saturated rings. The van der Waals surface area contributed by atoms with Crippen molar-refractivity contribution in [1.29, 1.82) is 0 Å². The highest BCUT2D eigenvalue weighted by Crippen LogP contribution is 2.17. The standard InChI is InChI=1S/C24H23N5O/c1-18-10-8-9-15-21(18)22(30)26-23-27-24(25-17-16-19-11-4-2-5-12-19)29(28-23)20-13-6-3-7-14-20/h2-15H,16-17H2,1H3,(H2,25,26,27,28,30). The Balaban J connectivity index is 1.54. The maximum atomic E-state index is 12.7. The van der Waals surface area contributed by atoms with Gasteiger partial charge in [-0.15, -0.1) is 5.10 Å². The number of benzene rings is 3. The largest absolute Gasteiger partial charge is 0.354 e. The first-order valence-corrected chi connectivity index (χ1v) is 9.88. The van der Waals surface area contributed by atoms with Gasteiger partial charge in [-0.05, 0) is 42.7 Å². The number of amides is 1. The van der Waals surface area contributed by atoms with Crippen LogP contribution in [0.3, 0.4) is 0 Å². The van der Waals surface area contributed by atoms with Crippen molar-refractivity contribution in [2.45, 2.75) is 13.3 Å². The van der Waals surface area contributed by atoms with E-state index in [9.17, 15) is 4.79 Å². The molecule has 0 radical (unpaired) electrons. The number of aryl methyl sites for hydroxylation is 1. The maximum absolute atomic E-state index is 12.7. The minimum absolute atomic E-state index is 0.228. The first-order valence-electron chi connectivity index (χ1n) is 9.88. The summed E-state index contributed by atoms with van der Waals surface area (Å²) in [5.74, 6) is 0.612. The third-order valence-electron chi connectivity index (χ3n) is 4.76. The zero-order valence-electron chi connectivity index (χ0n) is 16.7. The second-order valence-electron chi connectivity index (χ2n) is 6.94. The van der Waals surface area contributed by atoms with E-state index < -0.39 is 0 Å². The molecule has 0 unspecified atom stereocenters. The van der Waals surface area contributed by atoms with E-state index in [0.29, 0.717) is 18.1 Å². The van der Waals surface area contributed by atoms with Crippen LogP contribution in [0.1, 0.15) is 21.5 Å². The van der Waals surface area contributed by atoms with Gasteiger partial charge in [-0.2, -0.15) is 9.67 Å². The molecule has 0 atom stereocenters. The second-order valence-corrected chi connectivity index (χ2v) is 6.94. The Morgan fingerprint density at radius 2 is 1.57 bits per heavy atom. The van der Waals surface area contributed by atoms with Gasteiger partial charge in [0, 0.05) is 12.1 Å². The molecule has 1 heterocycles. The van der Waals surface area contributed by atoms with Crippen molar-refractivity contribution in [2.24, 2.45) is 0 Å². The Morgan fingerprint density at radius 1 is 0.900 bits per heavy atom. The molecule has 0 bridgehead atoms. The van der Waals surface area contributed by atoms with E-state index in [4.69, 9.17) is 0 Å². The highest BCUT2D eigenvalue weighted by Gasteiger charge is 2.15. The Kier molecular flexibility index (Phi) is 5.85. The van der Waals surface area contributed by atoms with Crippen LogP contribution in [-0.2, 0) is 6.42 Å². The maximum Gasteiger partial charge on any atom is 0.258 e. The van der Waals surface area contributed by atoms with Gasteiger partial charge in [0.25, 0.3) is 11.9 Å². The Hall–Kier alpha value is -3.93. The van der Waals surface area contributed by atoms with Gasteiger partial charge in [0.05, 0.1) is 5.69 Å². The minimum Gasteiger partial charge on any atom is -0.354 e. The molecule has 0 spiro atoms. The van der Waals surface area contributed by atoms with Crippen molar-refractivity contribution < 1.29 is 4.79 Å². The third kappa shape index (κ3) is 4.55. The molecule has 4 rings (SSSR count). The Bertz CT molecular complexity index is 1120. The molecular weight excluding hydrogens is 374 g/mol. The summed E-state index contributed by atoms with van der Waals surface area (Å²) in [5.41, 5.74) is 3.61. The summed E-state index contributed by atoms with van der Waals surface area (Å²) in [6.45, 7) is 2.60. The fourth-order valence-electron chi connectivity index (χ4n) is 3.19. The minimum atomic E-state index is -0.228. The van der Waals surface area contributed by atoms with Gasteiger partial charge >= 0.3 is 0 Å². The molecule has 30 heavy (non-hydrogen) atoms. The van der Waals surface area contributed by atoms with Crippen LogP contribution in [0, 0.1) is 6.92 Å². The lowest BCUT2D eigenvalue weighted by molar-refractivity contribution is 0.102. The molecule has 2 N–H and O–H groups in total. The Labute approximate surface area is 175 Å². The lowest BCUT2D eigenvalue weighted by Gasteiger charge is -2.08. The lowest BCUT2D eigenvalue weighted by atomic mass is 10.1. The summed E-state index contributed by atoms with van der Waals surface area (Å²) in [6, 6.07) is 27.4. The van der Waals surface area contributed by atoms with E-state index in [1.165, 1.54) is 5.56 Å². The summed E-state index contributed by atoms with van der Waals surface area (Å²) in [4.78, 5) is 17.2. The first-order chi connectivity index (χ1) is 14.7. The summed E-state index contributed by atoms with van der Waals surface area (Å²) in [7, 11) is 0. The smallest absolute Gasteiger partial charge is 0.258 e. The quantitative estimate of drug-likeness (QED) is 0.482. The van der Waals surface area contributed by atoms with Crippen molar-refractivity contribution in [3.8, 4) is 5.69 Å². The van der Waals surface area contributed by atoms with E-state index in [1.54, 1.807) is 10.7 Å². The zero-order chi connectivity index (χ0) is 20.8. The number of hydrogen-bond donors (Lipinski definition) is 2. The average Bonchev–Trinajstić information content (AvgIpc) is 3.18. The number of nitrogens with one attached hydrogen (secondary N) is 2. The fourth-order valence-corrected chi connectivity index (χ4v) is 3.19.